The van der Waals surface area contributed by atoms with Crippen LogP contribution in [0.3, 0.4) is 0 Å². The average Bonchev–Trinajstić information content (AvgIpc) is 2.26. The maximum Gasteiger partial charge on any atom is 0.225 e. The van der Waals surface area contributed by atoms with Gasteiger partial charge >= 0.3 is 0 Å². The van der Waals surface area contributed by atoms with Gasteiger partial charge in [0.05, 0.1) is 17.9 Å². The van der Waals surface area contributed by atoms with E-state index in [0.717, 1.165) is 6.26 Å². The Morgan fingerprint density at radius 3 is 2.61 bits per heavy atom. The lowest BCUT2D eigenvalue weighted by Crippen LogP contribution is -2.16. The highest BCUT2D eigenvalue weighted by atomic mass is 35.5. The minimum Gasteiger partial charge on any atom is -0.495 e. The Bertz CT molecular complexity index is 542. The van der Waals surface area contributed by atoms with Gasteiger partial charge in [0.2, 0.25) is 5.91 Å². The van der Waals surface area contributed by atoms with Crippen molar-refractivity contribution in [3.8, 4) is 5.75 Å². The number of anilines is 1. The van der Waals surface area contributed by atoms with Crippen molar-refractivity contribution in [3.05, 3.63) is 23.2 Å². The van der Waals surface area contributed by atoms with Crippen molar-refractivity contribution in [1.82, 2.24) is 0 Å². The van der Waals surface area contributed by atoms with Crippen molar-refractivity contribution >= 4 is 33.0 Å². The van der Waals surface area contributed by atoms with Gasteiger partial charge in [-0.2, -0.15) is 0 Å². The number of rotatable bonds is 5. The van der Waals surface area contributed by atoms with Gasteiger partial charge in [-0.05, 0) is 18.2 Å². The van der Waals surface area contributed by atoms with Gasteiger partial charge in [-0.25, -0.2) is 8.42 Å². The predicted molar refractivity (Wildman–Crippen MR) is 71.0 cm³/mol. The van der Waals surface area contributed by atoms with Gasteiger partial charge < -0.3 is 10.1 Å². The summed E-state index contributed by atoms with van der Waals surface area (Å²) in [7, 11) is -1.65. The van der Waals surface area contributed by atoms with Gasteiger partial charge in [-0.1, -0.05) is 11.6 Å². The number of ether oxygens (including phenoxy) is 1. The normalized spacial score (nSPS) is 11.1. The molecule has 0 fully saturated rings. The molecule has 5 nitrogen and oxygen atoms in total. The van der Waals surface area contributed by atoms with E-state index in [1.807, 2.05) is 0 Å². The SMILES string of the molecule is COc1ccc(NC(=O)CCS(C)(=O)=O)cc1Cl. The van der Waals surface area contributed by atoms with Crippen LogP contribution in [-0.2, 0) is 14.6 Å². The number of amides is 1. The van der Waals surface area contributed by atoms with Crippen LogP contribution in [0.25, 0.3) is 0 Å². The van der Waals surface area contributed by atoms with Crippen molar-refractivity contribution in [3.63, 3.8) is 0 Å². The molecule has 0 radical (unpaired) electrons. The number of hydrogen-bond acceptors (Lipinski definition) is 4. The number of halogens is 1. The second kappa shape index (κ2) is 6.06. The smallest absolute Gasteiger partial charge is 0.225 e. The van der Waals surface area contributed by atoms with Gasteiger partial charge in [-0.3, -0.25) is 4.79 Å². The molecule has 1 aromatic carbocycles. The molecule has 0 saturated heterocycles. The molecule has 100 valence electrons. The Hall–Kier alpha value is -1.27. The molecule has 0 aromatic heterocycles. The van der Waals surface area contributed by atoms with Crippen LogP contribution in [-0.4, -0.2) is 33.4 Å². The fourth-order valence-electron chi connectivity index (χ4n) is 1.25. The van der Waals surface area contributed by atoms with Crippen LogP contribution in [0.4, 0.5) is 5.69 Å². The molecule has 1 amide bonds. The minimum atomic E-state index is -3.14. The van der Waals surface area contributed by atoms with Crippen LogP contribution >= 0.6 is 11.6 Å². The summed E-state index contributed by atoms with van der Waals surface area (Å²) < 4.78 is 26.8. The summed E-state index contributed by atoms with van der Waals surface area (Å²) in [5.41, 5.74) is 0.499. The van der Waals surface area contributed by atoms with Crippen LogP contribution in [0, 0.1) is 0 Å². The van der Waals surface area contributed by atoms with Crippen molar-refractivity contribution < 1.29 is 17.9 Å². The lowest BCUT2D eigenvalue weighted by molar-refractivity contribution is -0.115. The number of carbonyl (C=O) groups excluding carboxylic acids is 1. The van der Waals surface area contributed by atoms with Crippen LogP contribution in [0.2, 0.25) is 5.02 Å². The van der Waals surface area contributed by atoms with E-state index in [0.29, 0.717) is 16.5 Å². The molecule has 1 aromatic rings. The zero-order valence-corrected chi connectivity index (χ0v) is 11.6. The van der Waals surface area contributed by atoms with E-state index >= 15 is 0 Å². The lowest BCUT2D eigenvalue weighted by atomic mass is 10.3. The van der Waals surface area contributed by atoms with Gasteiger partial charge in [0, 0.05) is 18.4 Å². The summed E-state index contributed by atoms with van der Waals surface area (Å²) >= 11 is 5.89. The third kappa shape index (κ3) is 4.93. The monoisotopic (exact) mass is 291 g/mol. The van der Waals surface area contributed by atoms with Gasteiger partial charge in [0.25, 0.3) is 0 Å². The first kappa shape index (κ1) is 14.8. The number of benzene rings is 1. The summed E-state index contributed by atoms with van der Waals surface area (Å²) in [6.45, 7) is 0. The first-order valence-electron chi connectivity index (χ1n) is 5.13. The average molecular weight is 292 g/mol. The highest BCUT2D eigenvalue weighted by molar-refractivity contribution is 7.90. The van der Waals surface area contributed by atoms with Crippen LogP contribution in [0.15, 0.2) is 18.2 Å². The van der Waals surface area contributed by atoms with E-state index in [2.05, 4.69) is 5.32 Å². The van der Waals surface area contributed by atoms with Crippen molar-refractivity contribution in [1.29, 1.82) is 0 Å². The molecule has 0 heterocycles. The summed E-state index contributed by atoms with van der Waals surface area (Å²) in [5.74, 6) is -0.0459. The van der Waals surface area contributed by atoms with Crippen LogP contribution in [0.5, 0.6) is 5.75 Å². The molecule has 0 aliphatic carbocycles. The molecule has 18 heavy (non-hydrogen) atoms. The van der Waals surface area contributed by atoms with Gasteiger partial charge in [-0.15, -0.1) is 0 Å². The largest absolute Gasteiger partial charge is 0.495 e. The Morgan fingerprint density at radius 1 is 1.44 bits per heavy atom. The summed E-state index contributed by atoms with van der Waals surface area (Å²) in [6.07, 6.45) is 1.01. The molecule has 0 aliphatic heterocycles. The molecule has 0 atom stereocenters. The van der Waals surface area contributed by atoms with E-state index in [-0.39, 0.29) is 18.1 Å². The van der Waals surface area contributed by atoms with Crippen LogP contribution in [0.1, 0.15) is 6.42 Å². The standard InChI is InChI=1S/C11H14ClNO4S/c1-17-10-4-3-8(7-9(10)12)13-11(14)5-6-18(2,15)16/h3-4,7H,5-6H2,1-2H3,(H,13,14). The Morgan fingerprint density at radius 2 is 2.11 bits per heavy atom. The maximum absolute atomic E-state index is 11.5. The molecule has 0 bridgehead atoms. The molecule has 0 saturated carbocycles. The molecule has 7 heteroatoms. The molecule has 0 aliphatic rings. The minimum absolute atomic E-state index is 0.0809. The van der Waals surface area contributed by atoms with E-state index in [9.17, 15) is 13.2 Å². The number of carbonyl (C=O) groups is 1. The predicted octanol–water partition coefficient (Wildman–Crippen LogP) is 1.72. The Balaban J connectivity index is 2.62. The molecule has 0 unspecified atom stereocenters. The number of sulfone groups is 1. The van der Waals surface area contributed by atoms with Crippen molar-refractivity contribution in [2.75, 3.05) is 24.4 Å². The first-order valence-corrected chi connectivity index (χ1v) is 7.57. The number of nitrogens with one attached hydrogen (secondary N) is 1. The number of methoxy groups -OCH3 is 1. The molecular weight excluding hydrogens is 278 g/mol. The van der Waals surface area contributed by atoms with Gasteiger partial charge in [0.1, 0.15) is 15.6 Å². The fraction of sp³-hybridized carbons (Fsp3) is 0.364. The highest BCUT2D eigenvalue weighted by Crippen LogP contribution is 2.27. The first-order chi connectivity index (χ1) is 8.31. The van der Waals surface area contributed by atoms with Crippen LogP contribution < -0.4 is 10.1 Å². The zero-order valence-electron chi connectivity index (χ0n) is 10.1. The highest BCUT2D eigenvalue weighted by Gasteiger charge is 2.09. The maximum atomic E-state index is 11.5. The van der Waals surface area contributed by atoms with Crippen molar-refractivity contribution in [2.24, 2.45) is 0 Å². The Kier molecular flexibility index (Phi) is 4.98. The third-order valence-electron chi connectivity index (χ3n) is 2.14. The third-order valence-corrected chi connectivity index (χ3v) is 3.38. The summed E-state index contributed by atoms with van der Waals surface area (Å²) in [4.78, 5) is 11.5. The quantitative estimate of drug-likeness (QED) is 0.896. The lowest BCUT2D eigenvalue weighted by Gasteiger charge is -2.07. The number of hydrogen-bond donors (Lipinski definition) is 1. The van der Waals surface area contributed by atoms with E-state index in [4.69, 9.17) is 16.3 Å². The van der Waals surface area contributed by atoms with Gasteiger partial charge in [0.15, 0.2) is 0 Å². The molecule has 0 spiro atoms. The second-order valence-electron chi connectivity index (χ2n) is 3.78. The van der Waals surface area contributed by atoms with Crippen molar-refractivity contribution in [2.45, 2.75) is 6.42 Å². The fourth-order valence-corrected chi connectivity index (χ4v) is 2.06. The molecule has 1 N–H and O–H groups in total. The summed E-state index contributed by atoms with van der Waals surface area (Å²) in [5, 5.41) is 2.94. The molecule has 1 rings (SSSR count). The van der Waals surface area contributed by atoms with E-state index in [1.54, 1.807) is 18.2 Å². The topological polar surface area (TPSA) is 72.5 Å². The summed E-state index contributed by atoms with van der Waals surface area (Å²) in [6, 6.07) is 4.79. The molecular formula is C11H14ClNO4S. The zero-order chi connectivity index (χ0) is 13.8. The van der Waals surface area contributed by atoms with E-state index < -0.39 is 9.84 Å². The van der Waals surface area contributed by atoms with E-state index in [1.165, 1.54) is 7.11 Å². The second-order valence-corrected chi connectivity index (χ2v) is 6.44. The Labute approximate surface area is 111 Å².